The first kappa shape index (κ1) is 16.0. The van der Waals surface area contributed by atoms with Crippen LogP contribution < -0.4 is 10.5 Å². The van der Waals surface area contributed by atoms with Gasteiger partial charge in [-0.3, -0.25) is 0 Å². The van der Waals surface area contributed by atoms with Crippen molar-refractivity contribution < 1.29 is 12.8 Å². The molecule has 21 heavy (non-hydrogen) atoms. The van der Waals surface area contributed by atoms with Crippen molar-refractivity contribution in [2.75, 3.05) is 6.54 Å². The third-order valence-electron chi connectivity index (χ3n) is 3.50. The van der Waals surface area contributed by atoms with Gasteiger partial charge in [0.1, 0.15) is 5.82 Å². The summed E-state index contributed by atoms with van der Waals surface area (Å²) in [4.78, 5) is -0.0659. The number of hydrogen-bond acceptors (Lipinski definition) is 3. The Kier molecular flexibility index (Phi) is 5.34. The number of nitrogens with one attached hydrogen (secondary N) is 1. The van der Waals surface area contributed by atoms with Gasteiger partial charge in [-0.05, 0) is 31.0 Å². The van der Waals surface area contributed by atoms with E-state index in [0.717, 1.165) is 38.2 Å². The summed E-state index contributed by atoms with van der Waals surface area (Å²) >= 11 is 0. The van der Waals surface area contributed by atoms with Crippen LogP contribution in [0.25, 0.3) is 0 Å². The largest absolute Gasteiger partial charge is 0.320 e. The van der Waals surface area contributed by atoms with Crippen LogP contribution in [0, 0.1) is 17.7 Å². The highest BCUT2D eigenvalue weighted by atomic mass is 32.2. The Morgan fingerprint density at radius 3 is 2.62 bits per heavy atom. The third-order valence-corrected chi connectivity index (χ3v) is 5.02. The number of benzene rings is 1. The summed E-state index contributed by atoms with van der Waals surface area (Å²) in [7, 11) is -3.68. The monoisotopic (exact) mass is 310 g/mol. The molecule has 1 aromatic rings. The summed E-state index contributed by atoms with van der Waals surface area (Å²) in [6, 6.07) is 3.69. The molecule has 1 saturated carbocycles. The number of halogens is 1. The fourth-order valence-electron chi connectivity index (χ4n) is 2.42. The van der Waals surface area contributed by atoms with Gasteiger partial charge in [-0.25, -0.2) is 17.5 Å². The molecule has 4 nitrogen and oxygen atoms in total. The number of sulfonamides is 1. The van der Waals surface area contributed by atoms with E-state index in [1.54, 1.807) is 0 Å². The van der Waals surface area contributed by atoms with Gasteiger partial charge >= 0.3 is 0 Å². The molecule has 2 rings (SSSR count). The zero-order chi connectivity index (χ0) is 15.3. The van der Waals surface area contributed by atoms with E-state index in [9.17, 15) is 12.8 Å². The summed E-state index contributed by atoms with van der Waals surface area (Å²) in [6.45, 7) is 0.128. The van der Waals surface area contributed by atoms with Gasteiger partial charge in [0.05, 0.1) is 17.0 Å². The maximum absolute atomic E-state index is 13.8. The van der Waals surface area contributed by atoms with Crippen molar-refractivity contribution in [2.24, 2.45) is 5.73 Å². The first-order valence-electron chi connectivity index (χ1n) is 7.04. The fraction of sp³-hybridized carbons (Fsp3) is 0.467. The molecule has 3 N–H and O–H groups in total. The van der Waals surface area contributed by atoms with Crippen molar-refractivity contribution in [1.29, 1.82) is 0 Å². The summed E-state index contributed by atoms with van der Waals surface area (Å²) in [5, 5.41) is 0. The zero-order valence-corrected chi connectivity index (χ0v) is 12.5. The van der Waals surface area contributed by atoms with E-state index in [-0.39, 0.29) is 23.0 Å². The first-order chi connectivity index (χ1) is 10.0. The minimum Gasteiger partial charge on any atom is -0.320 e. The summed E-state index contributed by atoms with van der Waals surface area (Å²) in [5.41, 5.74) is 5.38. The Morgan fingerprint density at radius 1 is 1.29 bits per heavy atom. The predicted molar refractivity (Wildman–Crippen MR) is 79.5 cm³/mol. The Morgan fingerprint density at radius 2 is 2.00 bits per heavy atom. The Labute approximate surface area is 125 Å². The molecule has 0 amide bonds. The van der Waals surface area contributed by atoms with Crippen LogP contribution in [-0.2, 0) is 10.0 Å². The van der Waals surface area contributed by atoms with Crippen molar-refractivity contribution in [3.63, 3.8) is 0 Å². The van der Waals surface area contributed by atoms with Gasteiger partial charge in [0.15, 0.2) is 0 Å². The molecule has 0 saturated heterocycles. The van der Waals surface area contributed by atoms with Crippen molar-refractivity contribution in [3.05, 3.63) is 29.6 Å². The lowest BCUT2D eigenvalue weighted by Gasteiger charge is -2.22. The van der Waals surface area contributed by atoms with Crippen LogP contribution in [0.4, 0.5) is 4.39 Å². The molecule has 0 radical (unpaired) electrons. The fourth-order valence-corrected chi connectivity index (χ4v) is 3.73. The molecule has 0 unspecified atom stereocenters. The second kappa shape index (κ2) is 7.03. The van der Waals surface area contributed by atoms with Crippen LogP contribution in [0.2, 0.25) is 0 Å². The van der Waals surface area contributed by atoms with Crippen molar-refractivity contribution >= 4 is 10.0 Å². The molecule has 0 aromatic heterocycles. The van der Waals surface area contributed by atoms with Crippen LogP contribution in [0.15, 0.2) is 23.1 Å². The van der Waals surface area contributed by atoms with Gasteiger partial charge in [0, 0.05) is 6.04 Å². The molecule has 0 bridgehead atoms. The van der Waals surface area contributed by atoms with E-state index in [1.165, 1.54) is 12.1 Å². The molecule has 1 aliphatic carbocycles. The average molecular weight is 310 g/mol. The van der Waals surface area contributed by atoms with Crippen LogP contribution in [0.1, 0.15) is 37.7 Å². The van der Waals surface area contributed by atoms with Crippen LogP contribution >= 0.6 is 0 Å². The van der Waals surface area contributed by atoms with E-state index in [1.807, 2.05) is 0 Å². The van der Waals surface area contributed by atoms with Crippen LogP contribution in [0.5, 0.6) is 0 Å². The second-order valence-corrected chi connectivity index (χ2v) is 6.82. The molecule has 0 heterocycles. The molecular formula is C15H19FN2O2S. The zero-order valence-electron chi connectivity index (χ0n) is 11.7. The van der Waals surface area contributed by atoms with E-state index in [2.05, 4.69) is 16.6 Å². The van der Waals surface area contributed by atoms with Crippen LogP contribution in [0.3, 0.4) is 0 Å². The molecule has 1 aliphatic rings. The predicted octanol–water partition coefficient (Wildman–Crippen LogP) is 1.75. The van der Waals surface area contributed by atoms with Gasteiger partial charge < -0.3 is 5.73 Å². The minimum atomic E-state index is -3.68. The number of nitrogens with two attached hydrogens (primary N) is 1. The second-order valence-electron chi connectivity index (χ2n) is 5.10. The average Bonchev–Trinajstić information content (AvgIpc) is 2.46. The normalized spacial score (nSPS) is 16.3. The highest BCUT2D eigenvalue weighted by molar-refractivity contribution is 7.89. The minimum absolute atomic E-state index is 0.0523. The summed E-state index contributed by atoms with van der Waals surface area (Å²) < 4.78 is 41.0. The van der Waals surface area contributed by atoms with E-state index < -0.39 is 15.8 Å². The maximum Gasteiger partial charge on any atom is 0.240 e. The lowest BCUT2D eigenvalue weighted by molar-refractivity contribution is 0.412. The van der Waals surface area contributed by atoms with Gasteiger partial charge in [-0.2, -0.15) is 0 Å². The van der Waals surface area contributed by atoms with Crippen molar-refractivity contribution in [2.45, 2.75) is 43.0 Å². The van der Waals surface area contributed by atoms with Gasteiger partial charge in [-0.1, -0.05) is 31.1 Å². The molecule has 0 aliphatic heterocycles. The molecule has 1 fully saturated rings. The number of hydrogen-bond donors (Lipinski definition) is 2. The Balaban J connectivity index is 2.18. The van der Waals surface area contributed by atoms with Gasteiger partial charge in [0.2, 0.25) is 10.0 Å². The molecule has 114 valence electrons. The van der Waals surface area contributed by atoms with E-state index in [0.29, 0.717) is 0 Å². The van der Waals surface area contributed by atoms with Gasteiger partial charge in [-0.15, -0.1) is 0 Å². The summed E-state index contributed by atoms with van der Waals surface area (Å²) in [5.74, 6) is 4.46. The maximum atomic E-state index is 13.8. The highest BCUT2D eigenvalue weighted by Gasteiger charge is 2.22. The van der Waals surface area contributed by atoms with Crippen LogP contribution in [-0.4, -0.2) is 21.0 Å². The SMILES string of the molecule is NCC#Cc1ccc(S(=O)(=O)NC2CCCCC2)cc1F. The first-order valence-corrected chi connectivity index (χ1v) is 8.52. The van der Waals surface area contributed by atoms with Gasteiger partial charge in [0.25, 0.3) is 0 Å². The standard InChI is InChI=1S/C15H19FN2O2S/c16-15-11-14(9-8-12(15)5-4-10-17)21(19,20)18-13-6-2-1-3-7-13/h8-9,11,13,18H,1-3,6-7,10,17H2. The quantitative estimate of drug-likeness (QED) is 0.835. The Hall–Kier alpha value is -1.42. The van der Waals surface area contributed by atoms with E-state index in [4.69, 9.17) is 5.73 Å². The van der Waals surface area contributed by atoms with Crippen molar-refractivity contribution in [3.8, 4) is 11.8 Å². The van der Waals surface area contributed by atoms with Crippen molar-refractivity contribution in [1.82, 2.24) is 4.72 Å². The number of rotatable bonds is 3. The smallest absolute Gasteiger partial charge is 0.240 e. The Bertz CT molecular complexity index is 656. The lowest BCUT2D eigenvalue weighted by atomic mass is 9.96. The lowest BCUT2D eigenvalue weighted by Crippen LogP contribution is -2.36. The third kappa shape index (κ3) is 4.27. The molecular weight excluding hydrogens is 291 g/mol. The molecule has 0 spiro atoms. The summed E-state index contributed by atoms with van der Waals surface area (Å²) in [6.07, 6.45) is 4.86. The highest BCUT2D eigenvalue weighted by Crippen LogP contribution is 2.20. The van der Waals surface area contributed by atoms with E-state index >= 15 is 0 Å². The molecule has 6 heteroatoms. The topological polar surface area (TPSA) is 72.2 Å². The molecule has 1 aromatic carbocycles. The molecule has 0 atom stereocenters.